The SMILES string of the molecule is CC#CC(=O)N(c1ccc2c(n1)c(O[C@@H](C)c1cccc(C(=O)O)c1)nn2C)c1cc(C)c(C)cc1C1CC1. The van der Waals surface area contributed by atoms with E-state index in [2.05, 4.69) is 29.9 Å². The number of carboxylic acids is 1. The number of aromatic carboxylic acids is 1. The van der Waals surface area contributed by atoms with Gasteiger partial charge in [0, 0.05) is 7.05 Å². The molecule has 0 saturated heterocycles. The molecule has 0 aliphatic heterocycles. The first kappa shape index (κ1) is 26.0. The Balaban J connectivity index is 1.59. The molecule has 198 valence electrons. The highest BCUT2D eigenvalue weighted by atomic mass is 16.5. The van der Waals surface area contributed by atoms with Crippen molar-refractivity contribution in [2.75, 3.05) is 4.90 Å². The summed E-state index contributed by atoms with van der Waals surface area (Å²) in [5.41, 5.74) is 6.30. The van der Waals surface area contributed by atoms with Crippen LogP contribution in [0.15, 0.2) is 48.5 Å². The van der Waals surface area contributed by atoms with E-state index in [-0.39, 0.29) is 11.5 Å². The maximum atomic E-state index is 13.4. The maximum absolute atomic E-state index is 13.4. The minimum atomic E-state index is -1.00. The minimum absolute atomic E-state index is 0.181. The van der Waals surface area contributed by atoms with Gasteiger partial charge in [-0.1, -0.05) is 24.1 Å². The number of fused-ring (bicyclic) bond motifs is 1. The number of carboxylic acid groups (broad SMARTS) is 1. The molecule has 1 atom stereocenters. The van der Waals surface area contributed by atoms with Crippen LogP contribution in [-0.4, -0.2) is 31.7 Å². The second kappa shape index (κ2) is 10.3. The Bertz CT molecular complexity index is 1670. The standard InChI is InChI=1S/C31H30N4O4/c1-6-8-28(36)35(26-16-19(3)18(2)15-24(26)21-11-12-21)27-14-13-25-29(32-27)30(33-34(25)5)39-20(4)22-9-7-10-23(17-22)31(37)38/h7,9-10,13-17,20-21H,11-12H2,1-5H3,(H,37,38)/t20-/m0/s1. The van der Waals surface area contributed by atoms with Crippen LogP contribution < -0.4 is 9.64 Å². The molecule has 0 bridgehead atoms. The topological polar surface area (TPSA) is 97.6 Å². The van der Waals surface area contributed by atoms with E-state index in [1.165, 1.54) is 11.6 Å². The van der Waals surface area contributed by atoms with Crippen molar-refractivity contribution in [3.05, 3.63) is 76.3 Å². The smallest absolute Gasteiger partial charge is 0.335 e. The van der Waals surface area contributed by atoms with E-state index in [1.807, 2.05) is 32.0 Å². The number of pyridine rings is 1. The first-order valence-electron chi connectivity index (χ1n) is 12.9. The molecule has 1 saturated carbocycles. The second-order valence-corrected chi connectivity index (χ2v) is 9.94. The third-order valence-electron chi connectivity index (χ3n) is 7.11. The third-order valence-corrected chi connectivity index (χ3v) is 7.11. The van der Waals surface area contributed by atoms with Gasteiger partial charge in [-0.15, -0.1) is 5.10 Å². The van der Waals surface area contributed by atoms with Crippen molar-refractivity contribution in [2.24, 2.45) is 7.05 Å². The Morgan fingerprint density at radius 3 is 2.56 bits per heavy atom. The first-order chi connectivity index (χ1) is 18.7. The fraction of sp³-hybridized carbons (Fsp3) is 0.290. The van der Waals surface area contributed by atoms with Crippen LogP contribution >= 0.6 is 0 Å². The van der Waals surface area contributed by atoms with Crippen LogP contribution in [0.3, 0.4) is 0 Å². The average molecular weight is 523 g/mol. The highest BCUT2D eigenvalue weighted by molar-refractivity contribution is 6.11. The van der Waals surface area contributed by atoms with Crippen molar-refractivity contribution < 1.29 is 19.4 Å². The summed E-state index contributed by atoms with van der Waals surface area (Å²) in [6, 6.07) is 14.5. The van der Waals surface area contributed by atoms with Crippen molar-refractivity contribution in [3.63, 3.8) is 0 Å². The zero-order valence-corrected chi connectivity index (χ0v) is 22.6. The van der Waals surface area contributed by atoms with E-state index in [4.69, 9.17) is 9.72 Å². The fourth-order valence-corrected chi connectivity index (χ4v) is 4.70. The summed E-state index contributed by atoms with van der Waals surface area (Å²) in [7, 11) is 1.80. The molecule has 8 nitrogen and oxygen atoms in total. The summed E-state index contributed by atoms with van der Waals surface area (Å²) < 4.78 is 7.88. The number of carbonyl (C=O) groups is 2. The fourth-order valence-electron chi connectivity index (χ4n) is 4.70. The number of benzene rings is 2. The molecule has 5 rings (SSSR count). The predicted octanol–water partition coefficient (Wildman–Crippen LogP) is 5.99. The van der Waals surface area contributed by atoms with Crippen LogP contribution in [-0.2, 0) is 11.8 Å². The molecule has 1 aliphatic rings. The van der Waals surface area contributed by atoms with Gasteiger partial charge in [0.15, 0.2) is 5.52 Å². The summed E-state index contributed by atoms with van der Waals surface area (Å²) in [5, 5.41) is 13.9. The minimum Gasteiger partial charge on any atom is -0.478 e. The highest BCUT2D eigenvalue weighted by Gasteiger charge is 2.31. The highest BCUT2D eigenvalue weighted by Crippen LogP contribution is 2.46. The molecule has 4 aromatic rings. The normalized spacial score (nSPS) is 13.5. The van der Waals surface area contributed by atoms with E-state index in [0.717, 1.165) is 35.2 Å². The number of anilines is 2. The van der Waals surface area contributed by atoms with Crippen LogP contribution in [0.5, 0.6) is 5.88 Å². The zero-order chi connectivity index (χ0) is 27.8. The third kappa shape index (κ3) is 5.08. The monoisotopic (exact) mass is 522 g/mol. The number of hydrogen-bond donors (Lipinski definition) is 1. The Morgan fingerprint density at radius 2 is 1.87 bits per heavy atom. The lowest BCUT2D eigenvalue weighted by atomic mass is 9.99. The Kier molecular flexibility index (Phi) is 6.83. The molecule has 1 N–H and O–H groups in total. The van der Waals surface area contributed by atoms with Crippen LogP contribution in [0.2, 0.25) is 0 Å². The first-order valence-corrected chi connectivity index (χ1v) is 12.9. The summed E-state index contributed by atoms with van der Waals surface area (Å²) in [4.78, 5) is 31.3. The van der Waals surface area contributed by atoms with Gasteiger partial charge >= 0.3 is 11.9 Å². The maximum Gasteiger partial charge on any atom is 0.335 e. The van der Waals surface area contributed by atoms with Crippen molar-refractivity contribution in [2.45, 2.75) is 52.6 Å². The van der Waals surface area contributed by atoms with Crippen molar-refractivity contribution in [1.29, 1.82) is 0 Å². The summed E-state index contributed by atoms with van der Waals surface area (Å²) in [5.74, 6) is 5.20. The van der Waals surface area contributed by atoms with Gasteiger partial charge in [-0.3, -0.25) is 14.4 Å². The van der Waals surface area contributed by atoms with E-state index in [9.17, 15) is 14.7 Å². The van der Waals surface area contributed by atoms with Gasteiger partial charge in [0.2, 0.25) is 0 Å². The molecule has 1 amide bonds. The van der Waals surface area contributed by atoms with Gasteiger partial charge in [-0.2, -0.15) is 0 Å². The molecule has 0 radical (unpaired) electrons. The van der Waals surface area contributed by atoms with Gasteiger partial charge in [0.1, 0.15) is 11.9 Å². The van der Waals surface area contributed by atoms with Crippen LogP contribution in [0.25, 0.3) is 11.0 Å². The van der Waals surface area contributed by atoms with E-state index >= 15 is 0 Å². The zero-order valence-electron chi connectivity index (χ0n) is 22.6. The van der Waals surface area contributed by atoms with Crippen LogP contribution in [0.1, 0.15) is 71.3 Å². The number of hydrogen-bond acceptors (Lipinski definition) is 5. The molecular formula is C31H30N4O4. The van der Waals surface area contributed by atoms with E-state index < -0.39 is 12.1 Å². The Labute approximate surface area is 227 Å². The molecule has 2 aromatic carbocycles. The van der Waals surface area contributed by atoms with Gasteiger partial charge < -0.3 is 9.84 Å². The van der Waals surface area contributed by atoms with Crippen molar-refractivity contribution in [1.82, 2.24) is 14.8 Å². The molecule has 8 heteroatoms. The lowest BCUT2D eigenvalue weighted by molar-refractivity contribution is -0.112. The number of amides is 1. The van der Waals surface area contributed by atoms with E-state index in [1.54, 1.807) is 41.8 Å². The van der Waals surface area contributed by atoms with Crippen molar-refractivity contribution >= 4 is 34.4 Å². The number of carbonyl (C=O) groups excluding carboxylic acids is 1. The largest absolute Gasteiger partial charge is 0.478 e. The molecule has 39 heavy (non-hydrogen) atoms. The average Bonchev–Trinajstić information content (AvgIpc) is 3.71. The number of rotatable bonds is 7. The second-order valence-electron chi connectivity index (χ2n) is 9.94. The number of nitrogens with zero attached hydrogens (tertiary/aromatic N) is 4. The lowest BCUT2D eigenvalue weighted by Crippen LogP contribution is -2.26. The molecule has 2 aromatic heterocycles. The summed E-state index contributed by atoms with van der Waals surface area (Å²) in [6.45, 7) is 7.59. The Morgan fingerprint density at radius 1 is 1.13 bits per heavy atom. The molecule has 1 aliphatic carbocycles. The quantitative estimate of drug-likeness (QED) is 0.300. The van der Waals surface area contributed by atoms with Gasteiger partial charge in [-0.05, 0) is 105 Å². The summed E-state index contributed by atoms with van der Waals surface area (Å²) in [6.07, 6.45) is 1.69. The van der Waals surface area contributed by atoms with E-state index in [0.29, 0.717) is 28.7 Å². The lowest BCUT2D eigenvalue weighted by Gasteiger charge is -2.24. The van der Waals surface area contributed by atoms with Gasteiger partial charge in [0.05, 0.1) is 16.8 Å². The summed E-state index contributed by atoms with van der Waals surface area (Å²) >= 11 is 0. The number of aryl methyl sites for hydroxylation is 3. The van der Waals surface area contributed by atoms with Crippen molar-refractivity contribution in [3.8, 4) is 17.7 Å². The van der Waals surface area contributed by atoms with Gasteiger partial charge in [-0.25, -0.2) is 9.78 Å². The number of aromatic nitrogens is 3. The molecule has 1 fully saturated rings. The Hall–Kier alpha value is -4.64. The van der Waals surface area contributed by atoms with Crippen LogP contribution in [0, 0.1) is 25.7 Å². The molecular weight excluding hydrogens is 492 g/mol. The molecule has 0 unspecified atom stereocenters. The van der Waals surface area contributed by atoms with Crippen LogP contribution in [0.4, 0.5) is 11.5 Å². The molecule has 2 heterocycles. The van der Waals surface area contributed by atoms with Gasteiger partial charge in [0.25, 0.3) is 5.88 Å². The predicted molar refractivity (Wildman–Crippen MR) is 149 cm³/mol. The molecule has 0 spiro atoms. The number of ether oxygens (including phenoxy) is 1.